The molecular weight excluding hydrogens is 482 g/mol. The van der Waals surface area contributed by atoms with Gasteiger partial charge in [0.1, 0.15) is 35.7 Å². The molecule has 8 heteroatoms. The number of carbonyl (C=O) groups excluding carboxylic acids is 2. The zero-order valence-electron chi connectivity index (χ0n) is 21.6. The van der Waals surface area contributed by atoms with E-state index in [0.717, 1.165) is 24.5 Å². The fourth-order valence-electron chi connectivity index (χ4n) is 5.60. The lowest BCUT2D eigenvalue weighted by Gasteiger charge is -2.29. The Kier molecular flexibility index (Phi) is 6.10. The topological polar surface area (TPSA) is 86.5 Å². The Morgan fingerprint density at radius 3 is 2.37 bits per heavy atom. The summed E-state index contributed by atoms with van der Waals surface area (Å²) in [5, 5.41) is 11.5. The molecule has 0 bridgehead atoms. The first kappa shape index (κ1) is 24.2. The number of Topliss-reactive ketones (excluding diaryl/α,β-unsaturated/α-hetero) is 1. The summed E-state index contributed by atoms with van der Waals surface area (Å²) >= 11 is 0. The van der Waals surface area contributed by atoms with Crippen LogP contribution in [0.1, 0.15) is 42.4 Å². The van der Waals surface area contributed by atoms with Crippen LogP contribution in [0.2, 0.25) is 0 Å². The van der Waals surface area contributed by atoms with Crippen molar-refractivity contribution in [1.29, 1.82) is 0 Å². The van der Waals surface area contributed by atoms with E-state index < -0.39 is 17.7 Å². The highest BCUT2D eigenvalue weighted by atomic mass is 16.5. The van der Waals surface area contributed by atoms with Crippen LogP contribution >= 0.6 is 0 Å². The van der Waals surface area contributed by atoms with Crippen LogP contribution in [0, 0.1) is 6.92 Å². The monoisotopic (exact) mass is 513 g/mol. The number of anilines is 3. The highest BCUT2D eigenvalue weighted by Crippen LogP contribution is 2.44. The maximum absolute atomic E-state index is 13.5. The Bertz CT molecular complexity index is 1420. The summed E-state index contributed by atoms with van der Waals surface area (Å²) in [4.78, 5) is 32.7. The van der Waals surface area contributed by atoms with Crippen molar-refractivity contribution in [1.82, 2.24) is 0 Å². The minimum atomic E-state index is -0.894. The van der Waals surface area contributed by atoms with Crippen LogP contribution in [0.3, 0.4) is 0 Å². The number of furan rings is 1. The van der Waals surface area contributed by atoms with Gasteiger partial charge in [0.2, 0.25) is 0 Å². The van der Waals surface area contributed by atoms with E-state index in [9.17, 15) is 14.7 Å². The second kappa shape index (κ2) is 9.59. The van der Waals surface area contributed by atoms with Crippen LogP contribution in [-0.2, 0) is 9.59 Å². The number of ether oxygens (including phenoxy) is 1. The number of hydrogen-bond donors (Lipinski definition) is 1. The van der Waals surface area contributed by atoms with Crippen LogP contribution in [0.25, 0.3) is 5.76 Å². The van der Waals surface area contributed by atoms with Crippen molar-refractivity contribution < 1.29 is 23.8 Å². The Morgan fingerprint density at radius 2 is 1.66 bits per heavy atom. The van der Waals surface area contributed by atoms with Crippen molar-refractivity contribution in [2.75, 3.05) is 48.0 Å². The summed E-state index contributed by atoms with van der Waals surface area (Å²) < 4.78 is 11.7. The van der Waals surface area contributed by atoms with E-state index in [0.29, 0.717) is 41.7 Å². The molecule has 3 aliphatic heterocycles. The zero-order chi connectivity index (χ0) is 26.4. The molecule has 1 N–H and O–H groups in total. The first-order valence-corrected chi connectivity index (χ1v) is 13.1. The molecule has 0 spiro atoms. The summed E-state index contributed by atoms with van der Waals surface area (Å²) in [6, 6.07) is 15.6. The minimum Gasteiger partial charge on any atom is -0.507 e. The molecule has 0 saturated carbocycles. The van der Waals surface area contributed by atoms with E-state index >= 15 is 0 Å². The number of aliphatic hydroxyl groups excluding tert-OH is 1. The number of carbonyl (C=O) groups is 2. The summed E-state index contributed by atoms with van der Waals surface area (Å²) in [5.41, 5.74) is 2.92. The number of rotatable bonds is 4. The highest BCUT2D eigenvalue weighted by molar-refractivity contribution is 6.51. The smallest absolute Gasteiger partial charge is 0.300 e. The molecule has 6 rings (SSSR count). The van der Waals surface area contributed by atoms with Crippen molar-refractivity contribution in [3.8, 4) is 5.75 Å². The molecule has 196 valence electrons. The van der Waals surface area contributed by atoms with Crippen molar-refractivity contribution in [2.24, 2.45) is 0 Å². The summed E-state index contributed by atoms with van der Waals surface area (Å²) in [6.07, 6.45) is 3.58. The van der Waals surface area contributed by atoms with Gasteiger partial charge in [-0.15, -0.1) is 0 Å². The van der Waals surface area contributed by atoms with E-state index in [-0.39, 0.29) is 11.3 Å². The van der Waals surface area contributed by atoms with Gasteiger partial charge in [0.25, 0.3) is 11.7 Å². The van der Waals surface area contributed by atoms with Crippen LogP contribution in [-0.4, -0.2) is 50.1 Å². The van der Waals surface area contributed by atoms with Crippen LogP contribution in [0.4, 0.5) is 17.1 Å². The van der Waals surface area contributed by atoms with E-state index in [1.807, 2.05) is 43.1 Å². The maximum Gasteiger partial charge on any atom is 0.300 e. The van der Waals surface area contributed by atoms with Gasteiger partial charge in [-0.25, -0.2) is 0 Å². The van der Waals surface area contributed by atoms with Gasteiger partial charge in [0.15, 0.2) is 0 Å². The number of likely N-dealkylation sites (N-methyl/N-ethyl adjacent to an activating group) is 1. The van der Waals surface area contributed by atoms with Crippen LogP contribution in [0.15, 0.2) is 64.6 Å². The summed E-state index contributed by atoms with van der Waals surface area (Å²) in [7, 11) is 1.95. The van der Waals surface area contributed by atoms with Crippen molar-refractivity contribution in [3.05, 3.63) is 77.3 Å². The molecule has 2 aromatic carbocycles. The minimum absolute atomic E-state index is 0.00351. The molecule has 1 unspecified atom stereocenters. The van der Waals surface area contributed by atoms with E-state index in [1.54, 1.807) is 30.3 Å². The number of ketones is 1. The molecule has 3 aliphatic rings. The predicted molar refractivity (Wildman–Crippen MR) is 146 cm³/mol. The predicted octanol–water partition coefficient (Wildman–Crippen LogP) is 5.03. The number of hydrogen-bond acceptors (Lipinski definition) is 7. The highest BCUT2D eigenvalue weighted by Gasteiger charge is 2.48. The third kappa shape index (κ3) is 4.10. The van der Waals surface area contributed by atoms with Gasteiger partial charge in [0.05, 0.1) is 17.8 Å². The van der Waals surface area contributed by atoms with E-state index in [1.165, 1.54) is 24.2 Å². The third-order valence-corrected chi connectivity index (χ3v) is 7.65. The maximum atomic E-state index is 13.5. The zero-order valence-corrected chi connectivity index (χ0v) is 21.6. The van der Waals surface area contributed by atoms with Gasteiger partial charge in [-0.1, -0.05) is 0 Å². The molecule has 8 nitrogen and oxygen atoms in total. The Balaban J connectivity index is 1.43. The normalized spacial score (nSPS) is 21.0. The standard InChI is InChI=1S/C30H31N3O5/c1-19-6-12-25(38-19)27-26(28(34)20-7-13-24-23(18-20)31(2)16-17-37-24)29(35)30(36)33(27)22-10-8-21(9-11-22)32-14-4-3-5-15-32/h6-13,18,27,34H,3-5,14-17H2,1-2H3/b28-26-. The van der Waals surface area contributed by atoms with E-state index in [4.69, 9.17) is 9.15 Å². The Hall–Kier alpha value is -4.20. The van der Waals surface area contributed by atoms with Gasteiger partial charge >= 0.3 is 0 Å². The first-order valence-electron chi connectivity index (χ1n) is 13.1. The van der Waals surface area contributed by atoms with Crippen LogP contribution in [0.5, 0.6) is 5.75 Å². The number of nitrogens with zero attached hydrogens (tertiary/aromatic N) is 3. The molecule has 38 heavy (non-hydrogen) atoms. The number of aliphatic hydroxyl groups is 1. The molecule has 1 aromatic heterocycles. The molecule has 1 amide bonds. The van der Waals surface area contributed by atoms with Crippen LogP contribution < -0.4 is 19.4 Å². The molecule has 0 radical (unpaired) electrons. The largest absolute Gasteiger partial charge is 0.507 e. The molecule has 2 saturated heterocycles. The van der Waals surface area contributed by atoms with Crippen molar-refractivity contribution in [2.45, 2.75) is 32.2 Å². The van der Waals surface area contributed by atoms with Gasteiger partial charge in [-0.3, -0.25) is 14.5 Å². The second-order valence-electron chi connectivity index (χ2n) is 10.1. The van der Waals surface area contributed by atoms with Gasteiger partial charge in [-0.05, 0) is 80.8 Å². The molecule has 2 fully saturated rings. The molecule has 0 aliphatic carbocycles. The second-order valence-corrected chi connectivity index (χ2v) is 10.1. The number of benzene rings is 2. The average molecular weight is 514 g/mol. The Labute approximate surface area is 221 Å². The lowest BCUT2D eigenvalue weighted by molar-refractivity contribution is -0.132. The quantitative estimate of drug-likeness (QED) is 0.297. The van der Waals surface area contributed by atoms with Gasteiger partial charge < -0.3 is 24.1 Å². The average Bonchev–Trinajstić information content (AvgIpc) is 3.49. The molecule has 4 heterocycles. The number of aryl methyl sites for hydroxylation is 1. The fourth-order valence-corrected chi connectivity index (χ4v) is 5.60. The van der Waals surface area contributed by atoms with E-state index in [2.05, 4.69) is 4.90 Å². The van der Waals surface area contributed by atoms with Gasteiger partial charge in [0, 0.05) is 37.1 Å². The van der Waals surface area contributed by atoms with Crippen molar-refractivity contribution >= 4 is 34.5 Å². The Morgan fingerprint density at radius 1 is 0.921 bits per heavy atom. The number of fused-ring (bicyclic) bond motifs is 1. The molecule has 1 atom stereocenters. The van der Waals surface area contributed by atoms with Crippen molar-refractivity contribution in [3.63, 3.8) is 0 Å². The molecular formula is C30H31N3O5. The van der Waals surface area contributed by atoms with Gasteiger partial charge in [-0.2, -0.15) is 0 Å². The SMILES string of the molecule is Cc1ccc(C2/C(=C(/O)c3ccc4c(c3)N(C)CCO4)C(=O)C(=O)N2c2ccc(N3CCCCC3)cc2)o1. The first-order chi connectivity index (χ1) is 18.4. The number of amides is 1. The third-order valence-electron chi connectivity index (χ3n) is 7.65. The lowest BCUT2D eigenvalue weighted by Crippen LogP contribution is -2.30. The summed E-state index contributed by atoms with van der Waals surface area (Å²) in [6.45, 7) is 5.12. The number of piperidine rings is 1. The lowest BCUT2D eigenvalue weighted by atomic mass is 9.98. The fraction of sp³-hybridized carbons (Fsp3) is 0.333. The molecule has 3 aromatic rings. The summed E-state index contributed by atoms with van der Waals surface area (Å²) in [5.74, 6) is 0.0958.